The average molecular weight is 273 g/mol. The first-order valence-electron chi connectivity index (χ1n) is 6.08. The zero-order chi connectivity index (χ0) is 14.7. The Morgan fingerprint density at radius 1 is 1.10 bits per heavy atom. The van der Waals surface area contributed by atoms with E-state index >= 15 is 0 Å². The Labute approximate surface area is 116 Å². The summed E-state index contributed by atoms with van der Waals surface area (Å²) in [5.74, 6) is -0.879. The quantitative estimate of drug-likeness (QED) is 0.691. The predicted octanol–water partition coefficient (Wildman–Crippen LogP) is 2.40. The third-order valence-corrected chi connectivity index (χ3v) is 2.88. The predicted molar refractivity (Wildman–Crippen MR) is 74.8 cm³/mol. The lowest BCUT2D eigenvalue weighted by molar-refractivity contribution is 0.102. The zero-order valence-electron chi connectivity index (χ0n) is 10.9. The number of nitrogens with one attached hydrogen (secondary N) is 1. The van der Waals surface area contributed by atoms with Crippen molar-refractivity contribution in [3.05, 3.63) is 53.6 Å². The fraction of sp³-hybridized carbons (Fsp3) is 0.133. The van der Waals surface area contributed by atoms with Crippen molar-refractivity contribution in [3.8, 4) is 11.5 Å². The molecule has 0 aromatic heterocycles. The van der Waals surface area contributed by atoms with Crippen molar-refractivity contribution in [2.75, 3.05) is 5.32 Å². The van der Waals surface area contributed by atoms with Crippen LogP contribution in [0.1, 0.15) is 28.9 Å². The van der Waals surface area contributed by atoms with Crippen LogP contribution in [0.15, 0.2) is 42.5 Å². The molecule has 1 amide bonds. The van der Waals surface area contributed by atoms with Gasteiger partial charge in [-0.05, 0) is 36.8 Å². The smallest absolute Gasteiger partial charge is 0.259 e. The Hall–Kier alpha value is -2.53. The van der Waals surface area contributed by atoms with Gasteiger partial charge >= 0.3 is 0 Å². The molecule has 0 saturated carbocycles. The minimum atomic E-state index is -0.569. The summed E-state index contributed by atoms with van der Waals surface area (Å²) in [7, 11) is 0. The molecule has 104 valence electrons. The fourth-order valence-electron chi connectivity index (χ4n) is 1.76. The van der Waals surface area contributed by atoms with Gasteiger partial charge in [0, 0.05) is 11.8 Å². The van der Waals surface area contributed by atoms with Crippen molar-refractivity contribution in [2.45, 2.75) is 13.0 Å². The van der Waals surface area contributed by atoms with E-state index in [1.165, 1.54) is 12.1 Å². The van der Waals surface area contributed by atoms with Gasteiger partial charge in [-0.3, -0.25) is 4.79 Å². The number of benzene rings is 2. The number of aromatic hydroxyl groups is 2. The number of aliphatic hydroxyl groups excluding tert-OH is 1. The number of aliphatic hydroxyl groups is 1. The number of carbonyl (C=O) groups is 1. The Morgan fingerprint density at radius 3 is 2.30 bits per heavy atom. The highest BCUT2D eigenvalue weighted by atomic mass is 16.3. The van der Waals surface area contributed by atoms with Gasteiger partial charge in [0.1, 0.15) is 11.5 Å². The van der Waals surface area contributed by atoms with Gasteiger partial charge in [0.25, 0.3) is 5.91 Å². The molecule has 20 heavy (non-hydrogen) atoms. The lowest BCUT2D eigenvalue weighted by Gasteiger charge is -2.09. The van der Waals surface area contributed by atoms with Gasteiger partial charge in [-0.25, -0.2) is 0 Å². The molecule has 4 N–H and O–H groups in total. The molecule has 5 nitrogen and oxygen atoms in total. The molecule has 2 aromatic carbocycles. The van der Waals surface area contributed by atoms with E-state index in [9.17, 15) is 20.1 Å². The van der Waals surface area contributed by atoms with Gasteiger partial charge in [-0.2, -0.15) is 0 Å². The molecule has 1 atom stereocenters. The van der Waals surface area contributed by atoms with Gasteiger partial charge in [-0.15, -0.1) is 0 Å². The van der Waals surface area contributed by atoms with Crippen LogP contribution in [-0.4, -0.2) is 21.2 Å². The maximum Gasteiger partial charge on any atom is 0.259 e. The van der Waals surface area contributed by atoms with Crippen LogP contribution in [0.25, 0.3) is 0 Å². The van der Waals surface area contributed by atoms with E-state index < -0.39 is 12.0 Å². The molecule has 0 heterocycles. The number of phenols is 2. The van der Waals surface area contributed by atoms with Gasteiger partial charge in [0.2, 0.25) is 0 Å². The Bertz CT molecular complexity index is 620. The number of phenolic OH excluding ortho intramolecular Hbond substituents is 2. The second kappa shape index (κ2) is 5.63. The summed E-state index contributed by atoms with van der Waals surface area (Å²) in [6.07, 6.45) is -0.569. The number of hydrogen-bond donors (Lipinski definition) is 4. The third kappa shape index (κ3) is 3.07. The maximum absolute atomic E-state index is 12.0. The number of rotatable bonds is 3. The second-order valence-corrected chi connectivity index (χ2v) is 4.45. The van der Waals surface area contributed by atoms with Gasteiger partial charge in [-0.1, -0.05) is 12.1 Å². The molecule has 0 aliphatic rings. The van der Waals surface area contributed by atoms with Gasteiger partial charge < -0.3 is 20.6 Å². The lowest BCUT2D eigenvalue weighted by Crippen LogP contribution is -2.12. The minimum absolute atomic E-state index is 0.0717. The van der Waals surface area contributed by atoms with Crippen LogP contribution < -0.4 is 5.32 Å². The van der Waals surface area contributed by atoms with Crippen LogP contribution >= 0.6 is 0 Å². The number of hydrogen-bond acceptors (Lipinski definition) is 4. The maximum atomic E-state index is 12.0. The molecule has 0 fully saturated rings. The topological polar surface area (TPSA) is 89.8 Å². The minimum Gasteiger partial charge on any atom is -0.508 e. The third-order valence-electron chi connectivity index (χ3n) is 2.88. The molecule has 0 radical (unpaired) electrons. The van der Waals surface area contributed by atoms with Crippen LogP contribution in [0.4, 0.5) is 5.69 Å². The summed E-state index contributed by atoms with van der Waals surface area (Å²) in [5, 5.41) is 30.8. The Morgan fingerprint density at radius 2 is 1.75 bits per heavy atom. The average Bonchev–Trinajstić information content (AvgIpc) is 2.39. The van der Waals surface area contributed by atoms with E-state index in [1.54, 1.807) is 31.2 Å². The van der Waals surface area contributed by atoms with Crippen molar-refractivity contribution >= 4 is 11.6 Å². The van der Waals surface area contributed by atoms with Crippen molar-refractivity contribution in [2.24, 2.45) is 0 Å². The van der Waals surface area contributed by atoms with Crippen molar-refractivity contribution < 1.29 is 20.1 Å². The summed E-state index contributed by atoms with van der Waals surface area (Å²) < 4.78 is 0. The summed E-state index contributed by atoms with van der Waals surface area (Å²) in [6, 6.07) is 10.5. The Kier molecular flexibility index (Phi) is 3.91. The van der Waals surface area contributed by atoms with Crippen molar-refractivity contribution in [3.63, 3.8) is 0 Å². The standard InChI is InChI=1S/C15H15NO4/c1-9(17)10-2-4-11(5-3-10)16-15(20)13-7-6-12(18)8-14(13)19/h2-9,17-19H,1H3,(H,16,20). The molecule has 0 aliphatic heterocycles. The van der Waals surface area contributed by atoms with Gasteiger partial charge in [0.15, 0.2) is 0 Å². The van der Waals surface area contributed by atoms with Crippen molar-refractivity contribution in [1.29, 1.82) is 0 Å². The summed E-state index contributed by atoms with van der Waals surface area (Å²) >= 11 is 0. The highest BCUT2D eigenvalue weighted by Crippen LogP contribution is 2.24. The number of carbonyl (C=O) groups excluding carboxylic acids is 1. The molecular formula is C15H15NO4. The molecule has 1 unspecified atom stereocenters. The second-order valence-electron chi connectivity index (χ2n) is 4.45. The molecule has 0 bridgehead atoms. The SMILES string of the molecule is CC(O)c1ccc(NC(=O)c2ccc(O)cc2O)cc1. The van der Waals surface area contributed by atoms with E-state index in [0.29, 0.717) is 5.69 Å². The van der Waals surface area contributed by atoms with Crippen LogP contribution in [0.2, 0.25) is 0 Å². The van der Waals surface area contributed by atoms with E-state index in [4.69, 9.17) is 0 Å². The van der Waals surface area contributed by atoms with Crippen molar-refractivity contribution in [1.82, 2.24) is 0 Å². The first-order valence-corrected chi connectivity index (χ1v) is 6.08. The molecule has 0 aliphatic carbocycles. The number of amides is 1. The first kappa shape index (κ1) is 13.9. The normalized spacial score (nSPS) is 11.9. The summed E-state index contributed by atoms with van der Waals surface area (Å²) in [6.45, 7) is 1.65. The first-order chi connectivity index (χ1) is 9.47. The van der Waals surface area contributed by atoms with Crippen LogP contribution in [0, 0.1) is 0 Å². The summed E-state index contributed by atoms with van der Waals surface area (Å²) in [5.41, 5.74) is 1.37. The summed E-state index contributed by atoms with van der Waals surface area (Å²) in [4.78, 5) is 12.0. The van der Waals surface area contributed by atoms with Crippen LogP contribution in [0.5, 0.6) is 11.5 Å². The van der Waals surface area contributed by atoms with E-state index in [-0.39, 0.29) is 17.1 Å². The lowest BCUT2D eigenvalue weighted by atomic mass is 10.1. The molecule has 0 spiro atoms. The molecular weight excluding hydrogens is 258 g/mol. The van der Waals surface area contributed by atoms with E-state index in [0.717, 1.165) is 11.6 Å². The monoisotopic (exact) mass is 273 g/mol. The van der Waals surface area contributed by atoms with Crippen LogP contribution in [-0.2, 0) is 0 Å². The highest BCUT2D eigenvalue weighted by Gasteiger charge is 2.12. The fourth-order valence-corrected chi connectivity index (χ4v) is 1.76. The van der Waals surface area contributed by atoms with E-state index in [2.05, 4.69) is 5.32 Å². The van der Waals surface area contributed by atoms with Crippen LogP contribution in [0.3, 0.4) is 0 Å². The van der Waals surface area contributed by atoms with Gasteiger partial charge in [0.05, 0.1) is 11.7 Å². The largest absolute Gasteiger partial charge is 0.508 e. The number of anilines is 1. The molecule has 2 aromatic rings. The Balaban J connectivity index is 2.15. The highest BCUT2D eigenvalue weighted by molar-refractivity contribution is 6.06. The van der Waals surface area contributed by atoms with E-state index in [1.807, 2.05) is 0 Å². The molecule has 0 saturated heterocycles. The zero-order valence-corrected chi connectivity index (χ0v) is 10.9. The molecule has 5 heteroatoms. The molecule has 2 rings (SSSR count).